The number of benzene rings is 1. The number of hydrogen-bond donors (Lipinski definition) is 0. The summed E-state index contributed by atoms with van der Waals surface area (Å²) in [5.74, 6) is 3.15. The topological polar surface area (TPSA) is 38.8 Å². The molecule has 5 heteroatoms. The van der Waals surface area contributed by atoms with E-state index in [0.29, 0.717) is 24.5 Å². The third-order valence-electron chi connectivity index (χ3n) is 2.75. The van der Waals surface area contributed by atoms with Crippen molar-refractivity contribution in [1.29, 1.82) is 0 Å². The summed E-state index contributed by atoms with van der Waals surface area (Å²) in [4.78, 5) is 13.8. The Hall–Kier alpha value is -1.51. The van der Waals surface area contributed by atoms with E-state index < -0.39 is 0 Å². The standard InChI is InChI=1S/C14H14BrNO3/c1-18-14-3-2-11(10-12(14)15)13(17)4-5-16-6-8-19-9-7-16/h2-3,10H,6-9H2,1H3. The number of ketones is 1. The van der Waals surface area contributed by atoms with Gasteiger partial charge in [-0.05, 0) is 40.0 Å². The molecular weight excluding hydrogens is 310 g/mol. The highest BCUT2D eigenvalue weighted by Gasteiger charge is 2.08. The molecule has 1 heterocycles. The molecule has 0 saturated carbocycles. The van der Waals surface area contributed by atoms with Crippen LogP contribution in [0.2, 0.25) is 0 Å². The Balaban J connectivity index is 2.07. The van der Waals surface area contributed by atoms with E-state index in [4.69, 9.17) is 9.47 Å². The molecule has 0 unspecified atom stereocenters. The van der Waals surface area contributed by atoms with Crippen LogP contribution < -0.4 is 4.74 Å². The van der Waals surface area contributed by atoms with Crippen LogP contribution in [0.5, 0.6) is 5.75 Å². The van der Waals surface area contributed by atoms with Crippen LogP contribution in [0.4, 0.5) is 0 Å². The number of methoxy groups -OCH3 is 1. The van der Waals surface area contributed by atoms with Gasteiger partial charge in [-0.25, -0.2) is 0 Å². The molecule has 0 atom stereocenters. The van der Waals surface area contributed by atoms with Crippen molar-refractivity contribution >= 4 is 21.7 Å². The maximum absolute atomic E-state index is 11.9. The second-order valence-electron chi connectivity index (χ2n) is 4.01. The SMILES string of the molecule is COc1ccc(C(=O)C#CN2CCOCC2)cc1Br. The summed E-state index contributed by atoms with van der Waals surface area (Å²) in [6.45, 7) is 2.81. The smallest absolute Gasteiger partial charge is 0.237 e. The molecule has 1 aromatic carbocycles. The molecule has 0 amide bonds. The molecule has 0 radical (unpaired) electrons. The molecule has 100 valence electrons. The lowest BCUT2D eigenvalue weighted by molar-refractivity contribution is 0.0637. The van der Waals surface area contributed by atoms with Gasteiger partial charge >= 0.3 is 0 Å². The highest BCUT2D eigenvalue weighted by Crippen LogP contribution is 2.25. The summed E-state index contributed by atoms with van der Waals surface area (Å²) in [5, 5.41) is 0. The number of Topliss-reactive ketones (excluding diaryl/α,β-unsaturated/α-hetero) is 1. The molecular formula is C14H14BrNO3. The quantitative estimate of drug-likeness (QED) is 0.616. The van der Waals surface area contributed by atoms with Crippen LogP contribution in [-0.2, 0) is 4.74 Å². The maximum atomic E-state index is 11.9. The van der Waals surface area contributed by atoms with Crippen LogP contribution in [0.15, 0.2) is 22.7 Å². The molecule has 0 aromatic heterocycles. The molecule has 1 aliphatic rings. The zero-order chi connectivity index (χ0) is 13.7. The second kappa shape index (κ2) is 6.60. The van der Waals surface area contributed by atoms with Crippen LogP contribution >= 0.6 is 15.9 Å². The van der Waals surface area contributed by atoms with Gasteiger partial charge in [0.15, 0.2) is 0 Å². The van der Waals surface area contributed by atoms with Crippen LogP contribution in [0.3, 0.4) is 0 Å². The van der Waals surface area contributed by atoms with Gasteiger partial charge in [-0.1, -0.05) is 0 Å². The van der Waals surface area contributed by atoms with Crippen molar-refractivity contribution in [3.05, 3.63) is 28.2 Å². The average molecular weight is 324 g/mol. The summed E-state index contributed by atoms with van der Waals surface area (Å²) in [5.41, 5.74) is 0.549. The molecule has 1 fully saturated rings. The van der Waals surface area contributed by atoms with E-state index in [0.717, 1.165) is 17.6 Å². The van der Waals surface area contributed by atoms with E-state index in [2.05, 4.69) is 27.9 Å². The lowest BCUT2D eigenvalue weighted by Gasteiger charge is -2.22. The third kappa shape index (κ3) is 3.72. The number of carbonyl (C=O) groups is 1. The van der Waals surface area contributed by atoms with Crippen molar-refractivity contribution in [2.75, 3.05) is 33.4 Å². The summed E-state index contributed by atoms with van der Waals surface area (Å²) in [7, 11) is 1.58. The van der Waals surface area contributed by atoms with E-state index >= 15 is 0 Å². The largest absolute Gasteiger partial charge is 0.496 e. The number of hydrogen-bond acceptors (Lipinski definition) is 4. The summed E-state index contributed by atoms with van der Waals surface area (Å²) >= 11 is 3.35. The predicted octanol–water partition coefficient (Wildman–Crippen LogP) is 1.93. The van der Waals surface area contributed by atoms with Gasteiger partial charge in [0.1, 0.15) is 5.75 Å². The Bertz CT molecular complexity index is 527. The van der Waals surface area contributed by atoms with Crippen molar-refractivity contribution in [3.8, 4) is 17.7 Å². The first kappa shape index (κ1) is 13.9. The Morgan fingerprint density at radius 1 is 1.42 bits per heavy atom. The van der Waals surface area contributed by atoms with Gasteiger partial charge < -0.3 is 14.4 Å². The average Bonchev–Trinajstić information content (AvgIpc) is 2.45. The van der Waals surface area contributed by atoms with Crippen molar-refractivity contribution in [2.24, 2.45) is 0 Å². The van der Waals surface area contributed by atoms with Crippen molar-refractivity contribution in [1.82, 2.24) is 4.90 Å². The van der Waals surface area contributed by atoms with Crippen LogP contribution in [0, 0.1) is 12.0 Å². The maximum Gasteiger partial charge on any atom is 0.237 e. The summed E-state index contributed by atoms with van der Waals surface area (Å²) in [6.07, 6.45) is 0. The van der Waals surface area contributed by atoms with Crippen LogP contribution in [0.25, 0.3) is 0 Å². The van der Waals surface area contributed by atoms with E-state index in [1.54, 1.807) is 25.3 Å². The minimum Gasteiger partial charge on any atom is -0.496 e. The monoisotopic (exact) mass is 323 g/mol. The molecule has 1 saturated heterocycles. The van der Waals surface area contributed by atoms with Gasteiger partial charge in [-0.3, -0.25) is 4.79 Å². The fraction of sp³-hybridized carbons (Fsp3) is 0.357. The molecule has 1 aliphatic heterocycles. The van der Waals surface area contributed by atoms with Crippen molar-refractivity contribution < 1.29 is 14.3 Å². The van der Waals surface area contributed by atoms with E-state index in [1.807, 2.05) is 4.90 Å². The number of halogens is 1. The van der Waals surface area contributed by atoms with E-state index in [1.165, 1.54) is 0 Å². The number of rotatable bonds is 2. The van der Waals surface area contributed by atoms with Crippen molar-refractivity contribution in [3.63, 3.8) is 0 Å². The van der Waals surface area contributed by atoms with E-state index in [-0.39, 0.29) is 5.78 Å². The molecule has 2 rings (SSSR count). The molecule has 1 aromatic rings. The second-order valence-corrected chi connectivity index (χ2v) is 4.87. The van der Waals surface area contributed by atoms with E-state index in [9.17, 15) is 4.79 Å². The Kier molecular flexibility index (Phi) is 4.83. The third-order valence-corrected chi connectivity index (χ3v) is 3.37. The van der Waals surface area contributed by atoms with Crippen LogP contribution in [0.1, 0.15) is 10.4 Å². The van der Waals surface area contributed by atoms with Crippen LogP contribution in [-0.4, -0.2) is 44.1 Å². The molecule has 19 heavy (non-hydrogen) atoms. The predicted molar refractivity (Wildman–Crippen MR) is 75.2 cm³/mol. The van der Waals surface area contributed by atoms with Crippen molar-refractivity contribution in [2.45, 2.75) is 0 Å². The minimum atomic E-state index is -0.199. The zero-order valence-electron chi connectivity index (χ0n) is 10.6. The first-order valence-corrected chi connectivity index (χ1v) is 6.72. The normalized spacial score (nSPS) is 14.5. The van der Waals surface area contributed by atoms with Gasteiger partial charge in [0.05, 0.1) is 24.8 Å². The summed E-state index contributed by atoms with van der Waals surface area (Å²) in [6, 6.07) is 8.04. The first-order chi connectivity index (χ1) is 9.20. The highest BCUT2D eigenvalue weighted by molar-refractivity contribution is 9.10. The molecule has 4 nitrogen and oxygen atoms in total. The fourth-order valence-electron chi connectivity index (χ4n) is 1.68. The van der Waals surface area contributed by atoms with Gasteiger partial charge in [0, 0.05) is 24.7 Å². The minimum absolute atomic E-state index is 0.199. The Morgan fingerprint density at radius 3 is 2.79 bits per heavy atom. The number of morpholine rings is 1. The molecule has 0 aliphatic carbocycles. The molecule has 0 bridgehead atoms. The zero-order valence-corrected chi connectivity index (χ0v) is 12.2. The van der Waals surface area contributed by atoms with Gasteiger partial charge in [0.25, 0.3) is 0 Å². The van der Waals surface area contributed by atoms with Gasteiger partial charge in [0.2, 0.25) is 5.78 Å². The highest BCUT2D eigenvalue weighted by atomic mass is 79.9. The van der Waals surface area contributed by atoms with Gasteiger partial charge in [-0.2, -0.15) is 0 Å². The Morgan fingerprint density at radius 2 is 2.16 bits per heavy atom. The fourth-order valence-corrected chi connectivity index (χ4v) is 2.23. The first-order valence-electron chi connectivity index (χ1n) is 5.93. The lowest BCUT2D eigenvalue weighted by Crippen LogP contribution is -2.32. The summed E-state index contributed by atoms with van der Waals surface area (Å²) < 4.78 is 11.1. The Labute approximate surface area is 120 Å². The number of nitrogens with zero attached hydrogens (tertiary/aromatic N) is 1. The number of ether oxygens (including phenoxy) is 2. The molecule has 0 N–H and O–H groups in total. The lowest BCUT2D eigenvalue weighted by atomic mass is 10.1. The number of carbonyl (C=O) groups excluding carboxylic acids is 1. The molecule has 0 spiro atoms. The van der Waals surface area contributed by atoms with Gasteiger partial charge in [-0.15, -0.1) is 0 Å².